The molecule has 0 spiro atoms. The molecular weight excluding hydrogens is 79.0 g/mol. The Morgan fingerprint density at radius 3 is 1.60 bits per heavy atom. The van der Waals surface area contributed by atoms with Crippen LogP contribution in [0.15, 0.2) is 0 Å². The molecule has 5 heavy (non-hydrogen) atoms. The maximum Gasteiger partial charge on any atom is 1.00 e. The molecule has 0 aliphatic rings. The van der Waals surface area contributed by atoms with E-state index in [-0.39, 0.29) is 41.6 Å². The second-order valence-corrected chi connectivity index (χ2v) is 0.289. The molecule has 0 fully saturated rings. The van der Waals surface area contributed by atoms with Crippen LogP contribution in [0.1, 0.15) is 6.92 Å². The first-order valence-corrected chi connectivity index (χ1v) is 0.996. The molecule has 0 aromatic carbocycles. The van der Waals surface area contributed by atoms with E-state index in [0.717, 1.165) is 0 Å². The molecule has 2 nitrogen and oxygen atoms in total. The van der Waals surface area contributed by atoms with Crippen molar-refractivity contribution < 1.29 is 40.1 Å². The summed E-state index contributed by atoms with van der Waals surface area (Å²) in [6, 6.07) is 0. The van der Waals surface area contributed by atoms with E-state index in [1.165, 1.54) is 0 Å². The van der Waals surface area contributed by atoms with Crippen molar-refractivity contribution in [1.29, 1.82) is 0 Å². The summed E-state index contributed by atoms with van der Waals surface area (Å²) in [6.45, 7) is 1.57. The summed E-state index contributed by atoms with van der Waals surface area (Å²) in [5.41, 5.74) is 0. The molecule has 0 heterocycles. The maximum atomic E-state index is 8.93. The van der Waals surface area contributed by atoms with E-state index in [9.17, 15) is 0 Å². The second kappa shape index (κ2) is 20.5. The summed E-state index contributed by atoms with van der Waals surface area (Å²) >= 11 is 0. The average molecular weight is 85.1 g/mol. The van der Waals surface area contributed by atoms with Crippen molar-refractivity contribution in [3.63, 3.8) is 0 Å². The third-order valence-electron chi connectivity index (χ3n) is 0. The Morgan fingerprint density at radius 2 is 1.60 bits per heavy atom. The standard InChI is InChI=1S/C2H5O.Na.H2O/c1-2-3;;/h2H2,1H3;;1H2/q;+1;/p-1. The molecule has 0 aliphatic carbocycles. The summed E-state index contributed by atoms with van der Waals surface area (Å²) < 4.78 is 0. The van der Waals surface area contributed by atoms with E-state index in [1.807, 2.05) is 0 Å². The van der Waals surface area contributed by atoms with E-state index >= 15 is 0 Å². The molecule has 0 atom stereocenters. The summed E-state index contributed by atoms with van der Waals surface area (Å²) in [5, 5.41) is 8.93. The van der Waals surface area contributed by atoms with Gasteiger partial charge in [0.1, 0.15) is 0 Å². The SMILES string of the molecule is CC[O].[Na+].[OH-]. The van der Waals surface area contributed by atoms with Crippen molar-refractivity contribution in [2.75, 3.05) is 6.61 Å². The fourth-order valence-electron chi connectivity index (χ4n) is 0. The van der Waals surface area contributed by atoms with Gasteiger partial charge < -0.3 is 5.48 Å². The van der Waals surface area contributed by atoms with Crippen LogP contribution in [-0.4, -0.2) is 12.1 Å². The maximum absolute atomic E-state index is 8.93. The van der Waals surface area contributed by atoms with Gasteiger partial charge in [-0.1, -0.05) is 0 Å². The summed E-state index contributed by atoms with van der Waals surface area (Å²) in [7, 11) is 0. The zero-order valence-corrected chi connectivity index (χ0v) is 5.56. The number of hydrogen-bond acceptors (Lipinski definition) is 1. The van der Waals surface area contributed by atoms with Gasteiger partial charge in [0.25, 0.3) is 0 Å². The molecule has 0 aliphatic heterocycles. The van der Waals surface area contributed by atoms with Crippen molar-refractivity contribution in [2.45, 2.75) is 6.92 Å². The largest absolute Gasteiger partial charge is 1.00 e. The second-order valence-electron chi connectivity index (χ2n) is 0.289. The van der Waals surface area contributed by atoms with Crippen molar-refractivity contribution in [1.82, 2.24) is 0 Å². The van der Waals surface area contributed by atoms with Crippen molar-refractivity contribution >= 4 is 0 Å². The Morgan fingerprint density at radius 1 is 1.60 bits per heavy atom. The fraction of sp³-hybridized carbons (Fsp3) is 1.00. The quantitative estimate of drug-likeness (QED) is 0.294. The topological polar surface area (TPSA) is 49.9 Å². The van der Waals surface area contributed by atoms with Gasteiger partial charge in [0.05, 0.1) is 6.61 Å². The monoisotopic (exact) mass is 85.0 g/mol. The molecule has 0 unspecified atom stereocenters. The fourth-order valence-corrected chi connectivity index (χ4v) is 0. The van der Waals surface area contributed by atoms with Crippen LogP contribution in [0.25, 0.3) is 0 Å². The van der Waals surface area contributed by atoms with Gasteiger partial charge in [-0.25, -0.2) is 5.11 Å². The predicted molar refractivity (Wildman–Crippen MR) is 13.2 cm³/mol. The van der Waals surface area contributed by atoms with Gasteiger partial charge in [-0.2, -0.15) is 0 Å². The molecule has 1 N–H and O–H groups in total. The first kappa shape index (κ1) is 16.8. The normalized spacial score (nSPS) is 3.60. The average Bonchev–Trinajstić information content (AvgIpc) is 0.918. The van der Waals surface area contributed by atoms with Gasteiger partial charge in [0, 0.05) is 0 Å². The van der Waals surface area contributed by atoms with Gasteiger partial charge in [-0.15, -0.1) is 0 Å². The van der Waals surface area contributed by atoms with E-state index in [2.05, 4.69) is 0 Å². The van der Waals surface area contributed by atoms with Crippen LogP contribution in [0.4, 0.5) is 0 Å². The Balaban J connectivity index is -0.0000000200. The zero-order chi connectivity index (χ0) is 2.71. The summed E-state index contributed by atoms with van der Waals surface area (Å²) in [5.74, 6) is 0. The van der Waals surface area contributed by atoms with Crippen LogP contribution in [0, 0.1) is 0 Å². The molecule has 0 amide bonds. The molecule has 3 heteroatoms. The van der Waals surface area contributed by atoms with Crippen molar-refractivity contribution in [3.8, 4) is 0 Å². The van der Waals surface area contributed by atoms with Crippen LogP contribution in [0.2, 0.25) is 0 Å². The minimum Gasteiger partial charge on any atom is -0.870 e. The van der Waals surface area contributed by atoms with Crippen LogP contribution >= 0.6 is 0 Å². The van der Waals surface area contributed by atoms with Gasteiger partial charge in [-0.3, -0.25) is 0 Å². The van der Waals surface area contributed by atoms with E-state index in [0.29, 0.717) is 0 Å². The molecule has 0 saturated heterocycles. The Hall–Kier alpha value is 0.920. The Kier molecular flexibility index (Phi) is 68.9. The van der Waals surface area contributed by atoms with E-state index < -0.39 is 0 Å². The van der Waals surface area contributed by atoms with Crippen molar-refractivity contribution in [3.05, 3.63) is 0 Å². The molecule has 1 radical (unpaired) electrons. The van der Waals surface area contributed by atoms with Gasteiger partial charge >= 0.3 is 29.6 Å². The third kappa shape index (κ3) is 49.6. The van der Waals surface area contributed by atoms with Crippen LogP contribution in [-0.2, 0) is 5.11 Å². The van der Waals surface area contributed by atoms with E-state index in [1.54, 1.807) is 6.92 Å². The smallest absolute Gasteiger partial charge is 0.870 e. The minimum atomic E-state index is 0. The molecule has 0 bridgehead atoms. The minimum absolute atomic E-state index is 0. The molecule has 0 aromatic heterocycles. The first-order chi connectivity index (χ1) is 1.41. The summed E-state index contributed by atoms with van der Waals surface area (Å²) in [4.78, 5) is 0. The zero-order valence-electron chi connectivity index (χ0n) is 3.56. The number of hydrogen-bond donors (Lipinski definition) is 0. The van der Waals surface area contributed by atoms with Gasteiger partial charge in [0.15, 0.2) is 0 Å². The van der Waals surface area contributed by atoms with E-state index in [4.69, 9.17) is 5.11 Å². The first-order valence-electron chi connectivity index (χ1n) is 0.996. The molecular formula is C2H6NaO2. The Labute approximate surface area is 53.8 Å². The third-order valence-corrected chi connectivity index (χ3v) is 0. The molecule has 27 valence electrons. The van der Waals surface area contributed by atoms with Crippen molar-refractivity contribution in [2.24, 2.45) is 0 Å². The predicted octanol–water partition coefficient (Wildman–Crippen LogP) is -2.74. The van der Waals surface area contributed by atoms with Gasteiger partial charge in [-0.05, 0) is 6.92 Å². The van der Waals surface area contributed by atoms with Crippen LogP contribution in [0.5, 0.6) is 0 Å². The Bertz CT molecular complexity index is 7.61. The molecule has 0 rings (SSSR count). The van der Waals surface area contributed by atoms with Crippen LogP contribution < -0.4 is 29.6 Å². The summed E-state index contributed by atoms with van der Waals surface area (Å²) in [6.07, 6.45) is 0. The van der Waals surface area contributed by atoms with Gasteiger partial charge in [0.2, 0.25) is 0 Å². The number of rotatable bonds is 0. The van der Waals surface area contributed by atoms with Crippen LogP contribution in [0.3, 0.4) is 0 Å². The molecule has 0 saturated carbocycles. The molecule has 0 aromatic rings.